The van der Waals surface area contributed by atoms with E-state index in [9.17, 15) is 4.79 Å². The van der Waals surface area contributed by atoms with Crippen LogP contribution in [-0.4, -0.2) is 22.8 Å². The molecule has 0 bridgehead atoms. The Morgan fingerprint density at radius 3 is 2.37 bits per heavy atom. The molecule has 7 heteroatoms. The predicted octanol–water partition coefficient (Wildman–Crippen LogP) is 5.85. The van der Waals surface area contributed by atoms with Crippen LogP contribution in [0.3, 0.4) is 0 Å². The van der Waals surface area contributed by atoms with E-state index in [4.69, 9.17) is 16.7 Å². The fourth-order valence-electron chi connectivity index (χ4n) is 3.94. The van der Waals surface area contributed by atoms with E-state index in [1.165, 1.54) is 0 Å². The second-order valence-corrected chi connectivity index (χ2v) is 8.49. The summed E-state index contributed by atoms with van der Waals surface area (Å²) in [5.74, 6) is -0.286. The van der Waals surface area contributed by atoms with Crippen LogP contribution in [0.25, 0.3) is 0 Å². The summed E-state index contributed by atoms with van der Waals surface area (Å²) in [6.07, 6.45) is 5.54. The first-order valence-corrected chi connectivity index (χ1v) is 11.6. The van der Waals surface area contributed by atoms with Gasteiger partial charge in [0, 0.05) is 29.4 Å². The molecule has 1 amide bonds. The van der Waals surface area contributed by atoms with Crippen molar-refractivity contribution in [3.05, 3.63) is 131 Å². The number of rotatable bonds is 6. The van der Waals surface area contributed by atoms with Gasteiger partial charge in [-0.25, -0.2) is 5.43 Å². The quantitative estimate of drug-likeness (QED) is 0.278. The maximum atomic E-state index is 12.1. The molecule has 4 aromatic rings. The molecule has 0 saturated carbocycles. The molecule has 35 heavy (non-hydrogen) atoms. The molecule has 0 spiro atoms. The first kappa shape index (κ1) is 22.5. The summed E-state index contributed by atoms with van der Waals surface area (Å²) in [4.78, 5) is 16.0. The summed E-state index contributed by atoms with van der Waals surface area (Å²) < 4.78 is 0. The summed E-state index contributed by atoms with van der Waals surface area (Å²) in [6, 6.07) is 29.4. The molecular formula is C28H22ClN5O. The van der Waals surface area contributed by atoms with Gasteiger partial charge in [-0.15, -0.1) is 0 Å². The number of hydrogen-bond donors (Lipinski definition) is 1. The van der Waals surface area contributed by atoms with Crippen molar-refractivity contribution in [3.63, 3.8) is 0 Å². The molecule has 0 radical (unpaired) electrons. The van der Waals surface area contributed by atoms with Crippen LogP contribution < -0.4 is 10.4 Å². The van der Waals surface area contributed by atoms with E-state index in [0.717, 1.165) is 34.5 Å². The van der Waals surface area contributed by atoms with Crippen LogP contribution in [0, 0.1) is 0 Å². The van der Waals surface area contributed by atoms with Gasteiger partial charge in [-0.2, -0.15) is 10.2 Å². The van der Waals surface area contributed by atoms with Gasteiger partial charge in [0.1, 0.15) is 0 Å². The molecule has 1 aromatic heterocycles. The Morgan fingerprint density at radius 1 is 0.943 bits per heavy atom. The fraction of sp³-hybridized carbons (Fsp3) is 0.0714. The third kappa shape index (κ3) is 5.28. The van der Waals surface area contributed by atoms with Gasteiger partial charge in [0.15, 0.2) is 0 Å². The van der Waals surface area contributed by atoms with Crippen molar-refractivity contribution < 1.29 is 4.79 Å². The van der Waals surface area contributed by atoms with E-state index in [0.29, 0.717) is 10.6 Å². The number of hydrogen-bond acceptors (Lipinski definition) is 5. The number of aromatic nitrogens is 1. The molecular weight excluding hydrogens is 458 g/mol. The molecule has 0 aliphatic carbocycles. The van der Waals surface area contributed by atoms with E-state index in [1.54, 1.807) is 30.7 Å². The monoisotopic (exact) mass is 479 g/mol. The number of amides is 1. The first-order chi connectivity index (χ1) is 17.2. The van der Waals surface area contributed by atoms with Gasteiger partial charge in [-0.05, 0) is 53.1 Å². The highest BCUT2D eigenvalue weighted by Crippen LogP contribution is 2.37. The molecule has 3 aromatic carbocycles. The number of halogens is 1. The smallest absolute Gasteiger partial charge is 0.267 e. The number of anilines is 1. The van der Waals surface area contributed by atoms with Crippen molar-refractivity contribution in [2.75, 3.05) is 5.01 Å². The van der Waals surface area contributed by atoms with E-state index in [-0.39, 0.29) is 11.9 Å². The molecule has 1 atom stereocenters. The normalized spacial score (nSPS) is 15.3. The van der Waals surface area contributed by atoms with Crippen molar-refractivity contribution >= 4 is 35.1 Å². The van der Waals surface area contributed by atoms with E-state index in [1.807, 2.05) is 54.6 Å². The Balaban J connectivity index is 1.35. The number of hydrazone groups is 2. The molecule has 0 unspecified atom stereocenters. The average Bonchev–Trinajstić information content (AvgIpc) is 3.36. The molecule has 1 aliphatic heterocycles. The predicted molar refractivity (Wildman–Crippen MR) is 140 cm³/mol. The molecule has 1 aliphatic rings. The van der Waals surface area contributed by atoms with Crippen LogP contribution >= 0.6 is 11.6 Å². The van der Waals surface area contributed by atoms with Crippen molar-refractivity contribution in [1.82, 2.24) is 10.4 Å². The van der Waals surface area contributed by atoms with Gasteiger partial charge in [-0.3, -0.25) is 14.8 Å². The Morgan fingerprint density at radius 2 is 1.66 bits per heavy atom. The number of benzene rings is 3. The second kappa shape index (κ2) is 10.3. The summed E-state index contributed by atoms with van der Waals surface area (Å²) >= 11 is 6.13. The fourth-order valence-corrected chi connectivity index (χ4v) is 4.07. The lowest BCUT2D eigenvalue weighted by atomic mass is 9.98. The summed E-state index contributed by atoms with van der Waals surface area (Å²) in [7, 11) is 0. The van der Waals surface area contributed by atoms with Crippen LogP contribution in [-0.2, 0) is 0 Å². The van der Waals surface area contributed by atoms with Crippen LogP contribution in [0.15, 0.2) is 114 Å². The Hall–Kier alpha value is -4.29. The number of carbonyl (C=O) groups is 1. The Bertz CT molecular complexity index is 1350. The summed E-state index contributed by atoms with van der Waals surface area (Å²) in [5, 5.41) is 11.8. The van der Waals surface area contributed by atoms with Crippen molar-refractivity contribution in [3.8, 4) is 0 Å². The Kier molecular flexibility index (Phi) is 6.63. The Labute approximate surface area is 208 Å². The SMILES string of the molecule is O=C(N/N=C/c1ccc(N2N=C(c3ccccc3)C[C@@H]2c2ccc(Cl)cc2)cc1)c1ccncc1. The van der Waals surface area contributed by atoms with Gasteiger partial charge in [0.05, 0.1) is 23.7 Å². The number of nitrogens with one attached hydrogen (secondary N) is 1. The zero-order valence-electron chi connectivity index (χ0n) is 18.8. The zero-order valence-corrected chi connectivity index (χ0v) is 19.5. The first-order valence-electron chi connectivity index (χ1n) is 11.2. The molecule has 1 N–H and O–H groups in total. The third-order valence-corrected chi connectivity index (χ3v) is 6.00. The molecule has 5 rings (SSSR count). The molecule has 0 fully saturated rings. The van der Waals surface area contributed by atoms with Crippen molar-refractivity contribution in [2.45, 2.75) is 12.5 Å². The standard InChI is InChI=1S/C28H22ClN5O/c29-24-10-8-22(9-11-24)27-18-26(21-4-2-1-3-5-21)33-34(27)25-12-6-20(7-13-25)19-31-32-28(35)23-14-16-30-17-15-23/h1-17,19,27H,18H2,(H,32,35)/b31-19+/t27-/m1/s1. The molecule has 172 valence electrons. The van der Waals surface area contributed by atoms with Gasteiger partial charge in [0.25, 0.3) is 5.91 Å². The highest BCUT2D eigenvalue weighted by atomic mass is 35.5. The third-order valence-electron chi connectivity index (χ3n) is 5.75. The van der Waals surface area contributed by atoms with Gasteiger partial charge in [0.2, 0.25) is 0 Å². The highest BCUT2D eigenvalue weighted by molar-refractivity contribution is 6.30. The molecule has 0 saturated heterocycles. The topological polar surface area (TPSA) is 70.0 Å². The molecule has 6 nitrogen and oxygen atoms in total. The minimum atomic E-state index is -0.286. The van der Waals surface area contributed by atoms with E-state index >= 15 is 0 Å². The van der Waals surface area contributed by atoms with Crippen LogP contribution in [0.4, 0.5) is 5.69 Å². The zero-order chi connectivity index (χ0) is 24.0. The van der Waals surface area contributed by atoms with Crippen molar-refractivity contribution in [1.29, 1.82) is 0 Å². The maximum Gasteiger partial charge on any atom is 0.271 e. The van der Waals surface area contributed by atoms with Crippen molar-refractivity contribution in [2.24, 2.45) is 10.2 Å². The minimum Gasteiger partial charge on any atom is -0.267 e. The minimum absolute atomic E-state index is 0.0571. The largest absolute Gasteiger partial charge is 0.271 e. The summed E-state index contributed by atoms with van der Waals surface area (Å²) in [6.45, 7) is 0. The lowest BCUT2D eigenvalue weighted by Gasteiger charge is -2.24. The highest BCUT2D eigenvalue weighted by Gasteiger charge is 2.29. The summed E-state index contributed by atoms with van der Waals surface area (Å²) in [5.41, 5.74) is 8.16. The lowest BCUT2D eigenvalue weighted by Crippen LogP contribution is -2.18. The average molecular weight is 480 g/mol. The van der Waals surface area contributed by atoms with Gasteiger partial charge < -0.3 is 0 Å². The van der Waals surface area contributed by atoms with Crippen LogP contribution in [0.5, 0.6) is 0 Å². The van der Waals surface area contributed by atoms with Gasteiger partial charge >= 0.3 is 0 Å². The van der Waals surface area contributed by atoms with Crippen LogP contribution in [0.2, 0.25) is 5.02 Å². The lowest BCUT2D eigenvalue weighted by molar-refractivity contribution is 0.0955. The van der Waals surface area contributed by atoms with E-state index in [2.05, 4.69) is 44.8 Å². The maximum absolute atomic E-state index is 12.1. The number of pyridine rings is 1. The second-order valence-electron chi connectivity index (χ2n) is 8.06. The number of carbonyl (C=O) groups excluding carboxylic acids is 1. The molecule has 2 heterocycles. The van der Waals surface area contributed by atoms with Gasteiger partial charge in [-0.1, -0.05) is 66.2 Å². The van der Waals surface area contributed by atoms with E-state index < -0.39 is 0 Å². The number of nitrogens with zero attached hydrogens (tertiary/aromatic N) is 4. The van der Waals surface area contributed by atoms with Crippen LogP contribution in [0.1, 0.15) is 39.5 Å².